The van der Waals surface area contributed by atoms with Crippen molar-refractivity contribution in [3.8, 4) is 0 Å². The summed E-state index contributed by atoms with van der Waals surface area (Å²) in [5, 5.41) is 0. The van der Waals surface area contributed by atoms with E-state index in [0.29, 0.717) is 6.54 Å². The first-order valence-electron chi connectivity index (χ1n) is 4.90. The van der Waals surface area contributed by atoms with Gasteiger partial charge in [0.25, 0.3) is 0 Å². The average Bonchev–Trinajstić information content (AvgIpc) is 2.55. The van der Waals surface area contributed by atoms with Gasteiger partial charge in [0.05, 0.1) is 17.6 Å². The van der Waals surface area contributed by atoms with E-state index in [4.69, 9.17) is 10.2 Å². The second-order valence-corrected chi connectivity index (χ2v) is 4.00. The Morgan fingerprint density at radius 3 is 2.50 bits per heavy atom. The van der Waals surface area contributed by atoms with E-state index in [0.717, 1.165) is 35.6 Å². The smallest absolute Gasteiger partial charge is 0.131 e. The Kier molecular flexibility index (Phi) is 4.65. The molecule has 0 aliphatic rings. The molecule has 0 spiro atoms. The van der Waals surface area contributed by atoms with Crippen molar-refractivity contribution in [3.63, 3.8) is 0 Å². The third-order valence-electron chi connectivity index (χ3n) is 2.27. The zero-order chi connectivity index (χ0) is 10.6. The number of nitrogens with two attached hydrogens (primary N) is 1. The number of hydrogen-bond acceptors (Lipinski definition) is 3. The van der Waals surface area contributed by atoms with Crippen LogP contribution in [0.4, 0.5) is 0 Å². The molecule has 80 valence electrons. The van der Waals surface area contributed by atoms with Crippen molar-refractivity contribution in [1.29, 1.82) is 0 Å². The summed E-state index contributed by atoms with van der Waals surface area (Å²) in [6.07, 6.45) is 0. The molecule has 1 heterocycles. The summed E-state index contributed by atoms with van der Waals surface area (Å²) in [6.45, 7) is 7.65. The number of nitrogens with zero attached hydrogens (tertiary/aromatic N) is 1. The first-order valence-corrected chi connectivity index (χ1v) is 5.70. The van der Waals surface area contributed by atoms with Gasteiger partial charge in [-0.05, 0) is 35.1 Å². The number of hydrogen-bond donors (Lipinski definition) is 1. The number of halogens is 1. The fourth-order valence-corrected chi connectivity index (χ4v) is 1.84. The van der Waals surface area contributed by atoms with Gasteiger partial charge in [-0.3, -0.25) is 4.90 Å². The normalized spacial score (nSPS) is 11.2. The fourth-order valence-electron chi connectivity index (χ4n) is 1.34. The minimum atomic E-state index is 0.443. The molecule has 0 atom stereocenters. The lowest BCUT2D eigenvalue weighted by molar-refractivity contribution is 0.265. The van der Waals surface area contributed by atoms with Crippen LogP contribution in [0.3, 0.4) is 0 Å². The van der Waals surface area contributed by atoms with E-state index < -0.39 is 0 Å². The Morgan fingerprint density at radius 1 is 1.43 bits per heavy atom. The zero-order valence-electron chi connectivity index (χ0n) is 8.72. The molecule has 1 rings (SSSR count). The maximum atomic E-state index is 5.58. The van der Waals surface area contributed by atoms with E-state index in [2.05, 4.69) is 34.7 Å². The second kappa shape index (κ2) is 5.53. The van der Waals surface area contributed by atoms with Crippen LogP contribution in [0.1, 0.15) is 25.4 Å². The second-order valence-electron chi connectivity index (χ2n) is 3.15. The van der Waals surface area contributed by atoms with Crippen molar-refractivity contribution in [3.05, 3.63) is 22.1 Å². The molecule has 0 saturated heterocycles. The van der Waals surface area contributed by atoms with Gasteiger partial charge in [0, 0.05) is 0 Å². The van der Waals surface area contributed by atoms with Crippen LogP contribution < -0.4 is 5.73 Å². The highest BCUT2D eigenvalue weighted by molar-refractivity contribution is 9.10. The highest BCUT2D eigenvalue weighted by Gasteiger charge is 2.09. The molecule has 0 bridgehead atoms. The van der Waals surface area contributed by atoms with Crippen LogP contribution in [0.15, 0.2) is 15.0 Å². The van der Waals surface area contributed by atoms with Crippen molar-refractivity contribution in [2.45, 2.75) is 26.9 Å². The van der Waals surface area contributed by atoms with Crippen molar-refractivity contribution >= 4 is 15.9 Å². The average molecular weight is 261 g/mol. The molecular weight excluding hydrogens is 244 g/mol. The summed E-state index contributed by atoms with van der Waals surface area (Å²) in [5.74, 6) is 1.80. The molecule has 1 aromatic heterocycles. The molecule has 0 fully saturated rings. The topological polar surface area (TPSA) is 42.4 Å². The highest BCUT2D eigenvalue weighted by atomic mass is 79.9. The van der Waals surface area contributed by atoms with E-state index >= 15 is 0 Å². The van der Waals surface area contributed by atoms with Crippen LogP contribution >= 0.6 is 15.9 Å². The predicted octanol–water partition coefficient (Wildman–Crippen LogP) is 2.34. The Balaban J connectivity index is 2.67. The van der Waals surface area contributed by atoms with Gasteiger partial charge < -0.3 is 10.2 Å². The molecule has 0 aliphatic carbocycles. The summed E-state index contributed by atoms with van der Waals surface area (Å²) in [5.41, 5.74) is 5.52. The van der Waals surface area contributed by atoms with Crippen LogP contribution in [0.2, 0.25) is 0 Å². The summed E-state index contributed by atoms with van der Waals surface area (Å²) >= 11 is 3.42. The van der Waals surface area contributed by atoms with Gasteiger partial charge in [-0.25, -0.2) is 0 Å². The lowest BCUT2D eigenvalue weighted by Crippen LogP contribution is -2.21. The van der Waals surface area contributed by atoms with Crippen LogP contribution in [0, 0.1) is 0 Å². The van der Waals surface area contributed by atoms with Gasteiger partial charge in [0.15, 0.2) is 0 Å². The SMILES string of the molecule is CCN(CC)Cc1cc(Br)c(CN)o1. The fraction of sp³-hybridized carbons (Fsp3) is 0.600. The monoisotopic (exact) mass is 260 g/mol. The van der Waals surface area contributed by atoms with Crippen LogP contribution in [0.25, 0.3) is 0 Å². The van der Waals surface area contributed by atoms with Gasteiger partial charge in [-0.1, -0.05) is 13.8 Å². The minimum Gasteiger partial charge on any atom is -0.462 e. The van der Waals surface area contributed by atoms with Crippen molar-refractivity contribution in [2.24, 2.45) is 5.73 Å². The summed E-state index contributed by atoms with van der Waals surface area (Å²) in [4.78, 5) is 2.30. The molecule has 0 aromatic carbocycles. The van der Waals surface area contributed by atoms with E-state index in [1.165, 1.54) is 0 Å². The van der Waals surface area contributed by atoms with E-state index in [1.807, 2.05) is 6.07 Å². The molecule has 3 nitrogen and oxygen atoms in total. The molecule has 0 unspecified atom stereocenters. The third kappa shape index (κ3) is 2.83. The first kappa shape index (κ1) is 11.8. The molecule has 0 radical (unpaired) electrons. The molecule has 0 amide bonds. The summed E-state index contributed by atoms with van der Waals surface area (Å²) < 4.78 is 6.56. The Labute approximate surface area is 93.4 Å². The maximum Gasteiger partial charge on any atom is 0.131 e. The molecule has 14 heavy (non-hydrogen) atoms. The lowest BCUT2D eigenvalue weighted by Gasteiger charge is -2.15. The first-order chi connectivity index (χ1) is 6.71. The summed E-state index contributed by atoms with van der Waals surface area (Å²) in [6, 6.07) is 2.00. The Hall–Kier alpha value is -0.320. The Morgan fingerprint density at radius 2 is 2.07 bits per heavy atom. The largest absolute Gasteiger partial charge is 0.462 e. The van der Waals surface area contributed by atoms with Gasteiger partial charge >= 0.3 is 0 Å². The maximum absolute atomic E-state index is 5.58. The lowest BCUT2D eigenvalue weighted by atomic mass is 10.4. The van der Waals surface area contributed by atoms with Crippen molar-refractivity contribution < 1.29 is 4.42 Å². The van der Waals surface area contributed by atoms with E-state index in [-0.39, 0.29) is 0 Å². The van der Waals surface area contributed by atoms with Gasteiger partial charge in [0.1, 0.15) is 11.5 Å². The van der Waals surface area contributed by atoms with Gasteiger partial charge in [0.2, 0.25) is 0 Å². The van der Waals surface area contributed by atoms with Crippen LogP contribution in [-0.4, -0.2) is 18.0 Å². The highest BCUT2D eigenvalue weighted by Crippen LogP contribution is 2.22. The van der Waals surface area contributed by atoms with Gasteiger partial charge in [-0.15, -0.1) is 0 Å². The Bertz CT molecular complexity index is 282. The van der Waals surface area contributed by atoms with E-state index in [1.54, 1.807) is 0 Å². The summed E-state index contributed by atoms with van der Waals surface area (Å²) in [7, 11) is 0. The number of furan rings is 1. The van der Waals surface area contributed by atoms with Crippen molar-refractivity contribution in [1.82, 2.24) is 4.90 Å². The molecular formula is C10H17BrN2O. The van der Waals surface area contributed by atoms with Gasteiger partial charge in [-0.2, -0.15) is 0 Å². The molecule has 2 N–H and O–H groups in total. The molecule has 0 aliphatic heterocycles. The molecule has 0 saturated carbocycles. The quantitative estimate of drug-likeness (QED) is 0.884. The standard InChI is InChI=1S/C10H17BrN2O/c1-3-13(4-2)7-8-5-9(11)10(6-12)14-8/h5H,3-4,6-7,12H2,1-2H3. The third-order valence-corrected chi connectivity index (χ3v) is 2.94. The van der Waals surface area contributed by atoms with Crippen LogP contribution in [-0.2, 0) is 13.1 Å². The predicted molar refractivity (Wildman–Crippen MR) is 60.9 cm³/mol. The van der Waals surface area contributed by atoms with E-state index in [9.17, 15) is 0 Å². The molecule has 4 heteroatoms. The zero-order valence-corrected chi connectivity index (χ0v) is 10.3. The minimum absolute atomic E-state index is 0.443. The van der Waals surface area contributed by atoms with Crippen molar-refractivity contribution in [2.75, 3.05) is 13.1 Å². The van der Waals surface area contributed by atoms with Crippen LogP contribution in [0.5, 0.6) is 0 Å². The number of rotatable bonds is 5. The molecule has 1 aromatic rings.